The second-order valence-electron chi connectivity index (χ2n) is 9.37. The summed E-state index contributed by atoms with van der Waals surface area (Å²) in [5, 5.41) is 19.4. The zero-order valence-corrected chi connectivity index (χ0v) is 17.8. The first-order valence-electron chi connectivity index (χ1n) is 11.3. The lowest BCUT2D eigenvalue weighted by atomic mass is 9.67. The van der Waals surface area contributed by atoms with Crippen LogP contribution >= 0.6 is 0 Å². The summed E-state index contributed by atoms with van der Waals surface area (Å²) in [7, 11) is 0. The van der Waals surface area contributed by atoms with Crippen LogP contribution < -0.4 is 0 Å². The van der Waals surface area contributed by atoms with Crippen LogP contribution in [-0.2, 0) is 6.42 Å². The number of aromatic carboxylic acids is 1. The highest BCUT2D eigenvalue weighted by Gasteiger charge is 2.31. The Hall–Kier alpha value is -2.55. The molecule has 2 atom stereocenters. The molecule has 0 aliphatic heterocycles. The van der Waals surface area contributed by atoms with Crippen LogP contribution in [0.15, 0.2) is 42.5 Å². The first-order valence-corrected chi connectivity index (χ1v) is 11.3. The van der Waals surface area contributed by atoms with E-state index in [4.69, 9.17) is 5.11 Å². The fourth-order valence-corrected chi connectivity index (χ4v) is 5.55. The number of allylic oxidation sites excluding steroid dienone is 1. The molecule has 3 nitrogen and oxygen atoms in total. The van der Waals surface area contributed by atoms with Gasteiger partial charge in [-0.25, -0.2) is 4.79 Å². The minimum absolute atomic E-state index is 0.295. The molecule has 158 valence electrons. The normalized spacial score (nSPS) is 23.9. The third-order valence-corrected chi connectivity index (χ3v) is 7.12. The van der Waals surface area contributed by atoms with Gasteiger partial charge in [-0.1, -0.05) is 43.5 Å². The average molecular weight is 405 g/mol. The van der Waals surface area contributed by atoms with Crippen molar-refractivity contribution in [2.75, 3.05) is 0 Å². The fraction of sp³-hybridized carbons (Fsp3) is 0.444. The molecule has 2 aromatic carbocycles. The second-order valence-corrected chi connectivity index (χ2v) is 9.37. The standard InChI is InChI=1S/C27H32O3/c1-18(13-19-5-8-23(9-6-19)27(29)30)24-11-12-26(28)25(17-24)10-7-22-15-20-3-2-4-21(14-20)16-22/h5-6,8-9,11-13,17,20-22,28H,2-4,7,10,14-16H2,1H3,(H,29,30)/b18-13+. The van der Waals surface area contributed by atoms with Crippen LogP contribution in [0.1, 0.15) is 78.9 Å². The van der Waals surface area contributed by atoms with Crippen molar-refractivity contribution in [1.29, 1.82) is 0 Å². The fourth-order valence-electron chi connectivity index (χ4n) is 5.55. The Labute approximate surface area is 179 Å². The van der Waals surface area contributed by atoms with Crippen LogP contribution in [-0.4, -0.2) is 16.2 Å². The Morgan fingerprint density at radius 2 is 1.67 bits per heavy atom. The van der Waals surface area contributed by atoms with Crippen LogP contribution in [0, 0.1) is 17.8 Å². The van der Waals surface area contributed by atoms with E-state index in [1.165, 1.54) is 44.9 Å². The number of phenols is 1. The van der Waals surface area contributed by atoms with Gasteiger partial charge in [0.15, 0.2) is 0 Å². The number of rotatable bonds is 6. The third-order valence-electron chi connectivity index (χ3n) is 7.12. The highest BCUT2D eigenvalue weighted by atomic mass is 16.4. The van der Waals surface area contributed by atoms with Gasteiger partial charge in [0.05, 0.1) is 5.56 Å². The summed E-state index contributed by atoms with van der Waals surface area (Å²) in [5.74, 6) is 2.18. The Bertz CT molecular complexity index is 914. The topological polar surface area (TPSA) is 57.5 Å². The molecule has 2 aliphatic rings. The van der Waals surface area contributed by atoms with E-state index in [-0.39, 0.29) is 0 Å². The summed E-state index contributed by atoms with van der Waals surface area (Å²) >= 11 is 0. The van der Waals surface area contributed by atoms with Gasteiger partial charge in [-0.15, -0.1) is 0 Å². The molecular weight excluding hydrogens is 372 g/mol. The molecule has 2 bridgehead atoms. The summed E-state index contributed by atoms with van der Waals surface area (Å²) in [6.45, 7) is 2.06. The van der Waals surface area contributed by atoms with E-state index in [2.05, 4.69) is 19.1 Å². The predicted molar refractivity (Wildman–Crippen MR) is 122 cm³/mol. The number of phenolic OH excluding ortho intramolecular Hbond substituents is 1. The predicted octanol–water partition coefficient (Wildman–Crippen LogP) is 6.80. The number of benzene rings is 2. The van der Waals surface area contributed by atoms with E-state index < -0.39 is 5.97 Å². The maximum absolute atomic E-state index is 11.0. The Kier molecular flexibility index (Phi) is 6.26. The largest absolute Gasteiger partial charge is 0.508 e. The number of hydrogen-bond acceptors (Lipinski definition) is 2. The van der Waals surface area contributed by atoms with Crippen molar-refractivity contribution in [2.24, 2.45) is 17.8 Å². The molecular formula is C27H32O3. The summed E-state index contributed by atoms with van der Waals surface area (Å²) in [6, 6.07) is 12.8. The number of hydrogen-bond donors (Lipinski definition) is 2. The van der Waals surface area contributed by atoms with E-state index in [1.807, 2.05) is 24.3 Å². The summed E-state index contributed by atoms with van der Waals surface area (Å²) in [6.07, 6.45) is 12.6. The number of aryl methyl sites for hydroxylation is 1. The molecule has 0 amide bonds. The number of fused-ring (bicyclic) bond motifs is 2. The lowest BCUT2D eigenvalue weighted by molar-refractivity contribution is 0.0697. The summed E-state index contributed by atoms with van der Waals surface area (Å²) in [5.41, 5.74) is 4.51. The van der Waals surface area contributed by atoms with E-state index in [1.54, 1.807) is 12.1 Å². The number of carboxylic acids is 1. The molecule has 2 unspecified atom stereocenters. The number of aromatic hydroxyl groups is 1. The van der Waals surface area contributed by atoms with Gasteiger partial charge in [0, 0.05) is 0 Å². The van der Waals surface area contributed by atoms with Crippen LogP contribution in [0.25, 0.3) is 11.6 Å². The zero-order chi connectivity index (χ0) is 21.1. The van der Waals surface area contributed by atoms with Crippen LogP contribution in [0.4, 0.5) is 0 Å². The van der Waals surface area contributed by atoms with E-state index in [0.717, 1.165) is 46.4 Å². The molecule has 2 aromatic rings. The van der Waals surface area contributed by atoms with Gasteiger partial charge in [0.2, 0.25) is 0 Å². The van der Waals surface area contributed by atoms with Crippen molar-refractivity contribution in [2.45, 2.75) is 58.3 Å². The number of carboxylic acid groups (broad SMARTS) is 1. The minimum atomic E-state index is -0.910. The number of carbonyl (C=O) groups is 1. The van der Waals surface area contributed by atoms with Crippen molar-refractivity contribution < 1.29 is 15.0 Å². The van der Waals surface area contributed by atoms with Gasteiger partial charge in [-0.2, -0.15) is 0 Å². The molecule has 2 fully saturated rings. The van der Waals surface area contributed by atoms with Gasteiger partial charge in [-0.05, 0) is 103 Å². The monoisotopic (exact) mass is 404 g/mol. The highest BCUT2D eigenvalue weighted by Crippen LogP contribution is 2.44. The average Bonchev–Trinajstić information content (AvgIpc) is 2.73. The molecule has 0 radical (unpaired) electrons. The molecule has 3 heteroatoms. The lowest BCUT2D eigenvalue weighted by Gasteiger charge is -2.39. The van der Waals surface area contributed by atoms with Gasteiger partial charge in [0.25, 0.3) is 0 Å². The van der Waals surface area contributed by atoms with E-state index >= 15 is 0 Å². The third kappa shape index (κ3) is 4.95. The van der Waals surface area contributed by atoms with Gasteiger partial charge in [0.1, 0.15) is 5.75 Å². The minimum Gasteiger partial charge on any atom is -0.508 e. The maximum atomic E-state index is 11.0. The van der Waals surface area contributed by atoms with Crippen molar-refractivity contribution in [3.63, 3.8) is 0 Å². The van der Waals surface area contributed by atoms with Gasteiger partial charge in [-0.3, -0.25) is 0 Å². The first kappa shape index (κ1) is 20.7. The lowest BCUT2D eigenvalue weighted by Crippen LogP contribution is -2.27. The Morgan fingerprint density at radius 3 is 2.33 bits per heavy atom. The maximum Gasteiger partial charge on any atom is 0.335 e. The van der Waals surface area contributed by atoms with Crippen molar-refractivity contribution in [1.82, 2.24) is 0 Å². The van der Waals surface area contributed by atoms with Crippen molar-refractivity contribution in [3.05, 3.63) is 64.7 Å². The molecule has 4 rings (SSSR count). The van der Waals surface area contributed by atoms with Crippen LogP contribution in [0.2, 0.25) is 0 Å². The van der Waals surface area contributed by atoms with E-state index in [0.29, 0.717) is 11.3 Å². The van der Waals surface area contributed by atoms with Crippen LogP contribution in [0.3, 0.4) is 0 Å². The molecule has 2 aliphatic carbocycles. The van der Waals surface area contributed by atoms with Gasteiger partial charge >= 0.3 is 5.97 Å². The Balaban J connectivity index is 1.43. The quantitative estimate of drug-likeness (QED) is 0.521. The SMILES string of the molecule is C/C(=C\c1ccc(C(=O)O)cc1)c1ccc(O)c(CCC2CC3CCCC(C3)C2)c1. The molecule has 0 spiro atoms. The first-order chi connectivity index (χ1) is 14.5. The summed E-state index contributed by atoms with van der Waals surface area (Å²) in [4.78, 5) is 11.0. The molecule has 0 heterocycles. The highest BCUT2D eigenvalue weighted by molar-refractivity contribution is 5.88. The van der Waals surface area contributed by atoms with E-state index in [9.17, 15) is 9.90 Å². The molecule has 0 saturated heterocycles. The smallest absolute Gasteiger partial charge is 0.335 e. The van der Waals surface area contributed by atoms with Crippen LogP contribution in [0.5, 0.6) is 5.75 Å². The molecule has 2 saturated carbocycles. The molecule has 2 N–H and O–H groups in total. The van der Waals surface area contributed by atoms with Crippen molar-refractivity contribution in [3.8, 4) is 5.75 Å². The van der Waals surface area contributed by atoms with Crippen molar-refractivity contribution >= 4 is 17.6 Å². The van der Waals surface area contributed by atoms with Gasteiger partial charge < -0.3 is 10.2 Å². The summed E-state index contributed by atoms with van der Waals surface area (Å²) < 4.78 is 0. The molecule has 0 aromatic heterocycles. The Morgan fingerprint density at radius 1 is 1.00 bits per heavy atom. The second kappa shape index (κ2) is 9.07. The molecule has 30 heavy (non-hydrogen) atoms. The zero-order valence-electron chi connectivity index (χ0n) is 17.8.